The summed E-state index contributed by atoms with van der Waals surface area (Å²) >= 11 is 0. The number of hydrogen-bond donors (Lipinski definition) is 2. The molecule has 0 aromatic heterocycles. The molecule has 0 heterocycles. The van der Waals surface area contributed by atoms with Gasteiger partial charge in [0.1, 0.15) is 0 Å². The van der Waals surface area contributed by atoms with Gasteiger partial charge in [-0.3, -0.25) is 9.11 Å². The molecule has 0 aliphatic rings. The molecule has 1 aromatic rings. The van der Waals surface area contributed by atoms with Crippen molar-refractivity contribution in [2.75, 3.05) is 0 Å². The molecule has 1 aromatic carbocycles. The summed E-state index contributed by atoms with van der Waals surface area (Å²) in [6, 6.07) is 10.9. The van der Waals surface area contributed by atoms with Gasteiger partial charge in [-0.05, 0) is 18.4 Å². The quantitative estimate of drug-likeness (QED) is 0.339. The van der Waals surface area contributed by atoms with E-state index >= 15 is 0 Å². The van der Waals surface area contributed by atoms with Gasteiger partial charge in [-0.1, -0.05) is 95.0 Å². The third-order valence-electron chi connectivity index (χ3n) is 3.66. The maximum atomic E-state index is 8.74. The number of hydrogen-bond acceptors (Lipinski definition) is 2. The second kappa shape index (κ2) is 17.5. The Morgan fingerprint density at radius 1 is 0.750 bits per heavy atom. The fraction of sp³-hybridized carbons (Fsp3) is 0.667. The molecule has 4 nitrogen and oxygen atoms in total. The Labute approximate surface area is 160 Å². The fourth-order valence-electron chi connectivity index (χ4n) is 2.46. The van der Waals surface area contributed by atoms with E-state index in [1.165, 1.54) is 76.2 Å². The standard InChI is InChI=1S/C18H30.Li.H2O4S.H/c1-2-3-4-5-6-7-8-9-10-12-15-18-16-13-11-14-17-18;;1-5(2,3)4;/h11,13-14,16-17H,2-10,12,15H2,1H3;;(H2,1,2,3,4);. The molecule has 6 heteroatoms. The number of aryl methyl sites for hydroxylation is 1. The average molecular weight is 352 g/mol. The van der Waals surface area contributed by atoms with Gasteiger partial charge in [0, 0.05) is 0 Å². The number of rotatable bonds is 11. The second-order valence-corrected chi connectivity index (χ2v) is 6.76. The van der Waals surface area contributed by atoms with Crippen molar-refractivity contribution in [2.45, 2.75) is 77.6 Å². The molecular weight excluding hydrogens is 319 g/mol. The maximum absolute atomic E-state index is 8.74. The van der Waals surface area contributed by atoms with E-state index < -0.39 is 10.4 Å². The van der Waals surface area contributed by atoms with E-state index in [-0.39, 0.29) is 18.9 Å². The normalized spacial score (nSPS) is 10.5. The predicted octanol–water partition coefficient (Wildman–Crippen LogP) is 4.85. The average Bonchev–Trinajstić information content (AvgIpc) is 2.48. The molecular formula is C18H33LiO4S. The van der Waals surface area contributed by atoms with Gasteiger partial charge in [-0.25, -0.2) is 0 Å². The van der Waals surface area contributed by atoms with Gasteiger partial charge in [-0.15, -0.1) is 0 Å². The Hall–Kier alpha value is -0.313. The first-order valence-corrected chi connectivity index (χ1v) is 10.1. The summed E-state index contributed by atoms with van der Waals surface area (Å²) in [5.41, 5.74) is 1.50. The zero-order valence-corrected chi connectivity index (χ0v) is 15.1. The fourth-order valence-corrected chi connectivity index (χ4v) is 2.46. The van der Waals surface area contributed by atoms with Crippen LogP contribution in [0.5, 0.6) is 0 Å². The van der Waals surface area contributed by atoms with Crippen LogP contribution in [0.4, 0.5) is 0 Å². The molecule has 0 spiro atoms. The SMILES string of the molecule is CCCCCCCCCCCCc1ccccc1.O=S(=O)(O)O.[LiH]. The van der Waals surface area contributed by atoms with Crippen LogP contribution in [-0.2, 0) is 16.8 Å². The van der Waals surface area contributed by atoms with Crippen LogP contribution < -0.4 is 0 Å². The van der Waals surface area contributed by atoms with Crippen molar-refractivity contribution in [3.63, 3.8) is 0 Å². The number of benzene rings is 1. The predicted molar refractivity (Wildman–Crippen MR) is 103 cm³/mol. The molecule has 2 N–H and O–H groups in total. The van der Waals surface area contributed by atoms with E-state index in [4.69, 9.17) is 17.5 Å². The van der Waals surface area contributed by atoms with Gasteiger partial charge in [0.2, 0.25) is 0 Å². The van der Waals surface area contributed by atoms with Crippen molar-refractivity contribution in [3.05, 3.63) is 35.9 Å². The summed E-state index contributed by atoms with van der Waals surface area (Å²) in [6.45, 7) is 2.28. The molecule has 0 amide bonds. The Balaban J connectivity index is 0. The van der Waals surface area contributed by atoms with Crippen molar-refractivity contribution < 1.29 is 17.5 Å². The zero-order chi connectivity index (χ0) is 17.4. The Morgan fingerprint density at radius 3 is 1.54 bits per heavy atom. The molecule has 0 aliphatic heterocycles. The molecule has 0 saturated heterocycles. The zero-order valence-electron chi connectivity index (χ0n) is 14.3. The van der Waals surface area contributed by atoms with Crippen LogP contribution in [0.15, 0.2) is 30.3 Å². The van der Waals surface area contributed by atoms with Crippen LogP contribution in [0.2, 0.25) is 0 Å². The first-order chi connectivity index (χ1) is 10.9. The summed E-state index contributed by atoms with van der Waals surface area (Å²) in [7, 11) is -4.67. The van der Waals surface area contributed by atoms with Gasteiger partial charge in [0.25, 0.3) is 0 Å². The first kappa shape index (κ1) is 25.9. The molecule has 24 heavy (non-hydrogen) atoms. The molecule has 0 bridgehead atoms. The summed E-state index contributed by atoms with van der Waals surface area (Å²) in [4.78, 5) is 0. The van der Waals surface area contributed by atoms with Crippen molar-refractivity contribution in [2.24, 2.45) is 0 Å². The summed E-state index contributed by atoms with van der Waals surface area (Å²) in [5.74, 6) is 0. The van der Waals surface area contributed by atoms with E-state index in [1.807, 2.05) is 0 Å². The van der Waals surface area contributed by atoms with E-state index in [9.17, 15) is 0 Å². The summed E-state index contributed by atoms with van der Waals surface area (Å²) < 4.78 is 31.6. The van der Waals surface area contributed by atoms with Crippen LogP contribution in [0.3, 0.4) is 0 Å². The monoisotopic (exact) mass is 352 g/mol. The van der Waals surface area contributed by atoms with E-state index in [0.29, 0.717) is 0 Å². The Bertz CT molecular complexity index is 455. The Morgan fingerprint density at radius 2 is 1.12 bits per heavy atom. The Kier molecular flexibility index (Phi) is 18.9. The van der Waals surface area contributed by atoms with Gasteiger partial charge in [0.15, 0.2) is 0 Å². The van der Waals surface area contributed by atoms with Gasteiger partial charge >= 0.3 is 29.3 Å². The van der Waals surface area contributed by atoms with Crippen molar-refractivity contribution in [1.82, 2.24) is 0 Å². The molecule has 0 aliphatic carbocycles. The van der Waals surface area contributed by atoms with Gasteiger partial charge < -0.3 is 0 Å². The summed E-state index contributed by atoms with van der Waals surface area (Å²) in [5, 5.41) is 0. The van der Waals surface area contributed by atoms with Crippen LogP contribution in [-0.4, -0.2) is 36.4 Å². The van der Waals surface area contributed by atoms with Crippen molar-refractivity contribution in [3.8, 4) is 0 Å². The van der Waals surface area contributed by atoms with Crippen LogP contribution in [0.1, 0.15) is 76.7 Å². The topological polar surface area (TPSA) is 74.6 Å². The van der Waals surface area contributed by atoms with Gasteiger partial charge in [-0.2, -0.15) is 8.42 Å². The number of unbranched alkanes of at least 4 members (excludes halogenated alkanes) is 9. The van der Waals surface area contributed by atoms with Crippen molar-refractivity contribution in [1.29, 1.82) is 0 Å². The molecule has 0 fully saturated rings. The molecule has 0 saturated carbocycles. The van der Waals surface area contributed by atoms with Crippen molar-refractivity contribution >= 4 is 29.3 Å². The minimum absolute atomic E-state index is 0. The van der Waals surface area contributed by atoms with E-state index in [0.717, 1.165) is 0 Å². The van der Waals surface area contributed by atoms with E-state index in [1.54, 1.807) is 0 Å². The van der Waals surface area contributed by atoms with E-state index in [2.05, 4.69) is 37.3 Å². The first-order valence-electron chi connectivity index (χ1n) is 8.67. The minimum atomic E-state index is -4.67. The second-order valence-electron chi connectivity index (χ2n) is 5.87. The summed E-state index contributed by atoms with van der Waals surface area (Å²) in [6.07, 6.45) is 15.5. The molecule has 1 rings (SSSR count). The molecule has 0 atom stereocenters. The van der Waals surface area contributed by atoms with Crippen LogP contribution in [0, 0.1) is 0 Å². The molecule has 136 valence electrons. The third-order valence-corrected chi connectivity index (χ3v) is 3.66. The van der Waals surface area contributed by atoms with Gasteiger partial charge in [0.05, 0.1) is 0 Å². The van der Waals surface area contributed by atoms with Crippen LogP contribution >= 0.6 is 0 Å². The molecule has 0 radical (unpaired) electrons. The molecule has 0 unspecified atom stereocenters. The third kappa shape index (κ3) is 23.9. The van der Waals surface area contributed by atoms with Crippen LogP contribution in [0.25, 0.3) is 0 Å².